The molecule has 0 amide bonds. The molecule has 6 nitrogen and oxygen atoms in total. The minimum atomic E-state index is -3.93. The van der Waals surface area contributed by atoms with E-state index in [0.717, 1.165) is 37.7 Å². The lowest BCUT2D eigenvalue weighted by molar-refractivity contribution is 0.0691. The fourth-order valence-corrected chi connectivity index (χ4v) is 4.32. The second kappa shape index (κ2) is 7.75. The van der Waals surface area contributed by atoms with Crippen LogP contribution < -0.4 is 4.72 Å². The lowest BCUT2D eigenvalue weighted by atomic mass is 9.99. The van der Waals surface area contributed by atoms with E-state index in [1.54, 1.807) is 0 Å². The first kappa shape index (κ1) is 19.5. The number of hydrogen-bond donors (Lipinski definition) is 2. The van der Waals surface area contributed by atoms with Crippen LogP contribution in [0.3, 0.4) is 0 Å². The summed E-state index contributed by atoms with van der Waals surface area (Å²) in [6.07, 6.45) is 0.910. The van der Waals surface area contributed by atoms with Crippen molar-refractivity contribution in [3.8, 4) is 0 Å². The van der Waals surface area contributed by atoms with Gasteiger partial charge in [-0.25, -0.2) is 22.3 Å². The van der Waals surface area contributed by atoms with Gasteiger partial charge in [0.25, 0.3) is 0 Å². The lowest BCUT2D eigenvalue weighted by Crippen LogP contribution is -2.44. The summed E-state index contributed by atoms with van der Waals surface area (Å²) in [6.45, 7) is 3.69. The molecule has 1 aliphatic rings. The van der Waals surface area contributed by atoms with E-state index in [-0.39, 0.29) is 17.5 Å². The number of rotatable bonds is 6. The van der Waals surface area contributed by atoms with Gasteiger partial charge in [-0.1, -0.05) is 24.3 Å². The number of benzene rings is 2. The smallest absolute Gasteiger partial charge is 0.338 e. The van der Waals surface area contributed by atoms with E-state index in [2.05, 4.69) is 21.8 Å². The van der Waals surface area contributed by atoms with Crippen molar-refractivity contribution in [2.75, 3.05) is 13.1 Å². The molecule has 0 fully saturated rings. The summed E-state index contributed by atoms with van der Waals surface area (Å²) in [5, 5.41) is 8.96. The summed E-state index contributed by atoms with van der Waals surface area (Å²) in [5.41, 5.74) is 1.88. The molecule has 0 saturated heterocycles. The van der Waals surface area contributed by atoms with E-state index in [0.29, 0.717) is 0 Å². The van der Waals surface area contributed by atoms with Gasteiger partial charge in [-0.15, -0.1) is 0 Å². The van der Waals surface area contributed by atoms with Crippen molar-refractivity contribution in [3.63, 3.8) is 0 Å². The maximum atomic E-state index is 13.5. The summed E-state index contributed by atoms with van der Waals surface area (Å²) in [4.78, 5) is 12.9. The van der Waals surface area contributed by atoms with Crippen LogP contribution in [0.15, 0.2) is 47.4 Å². The Morgan fingerprint density at radius 1 is 1.26 bits per heavy atom. The van der Waals surface area contributed by atoms with Crippen molar-refractivity contribution in [2.45, 2.75) is 30.8 Å². The third-order valence-electron chi connectivity index (χ3n) is 4.83. The molecule has 27 heavy (non-hydrogen) atoms. The molecule has 2 aromatic rings. The van der Waals surface area contributed by atoms with Gasteiger partial charge in [0.15, 0.2) is 0 Å². The number of hydrogen-bond acceptors (Lipinski definition) is 4. The molecule has 1 heterocycles. The number of nitrogens with zero attached hydrogens (tertiary/aromatic N) is 1. The third-order valence-corrected chi connectivity index (χ3v) is 6.25. The monoisotopic (exact) mass is 392 g/mol. The molecule has 1 atom stereocenters. The van der Waals surface area contributed by atoms with Crippen LogP contribution in [0, 0.1) is 5.82 Å². The van der Waals surface area contributed by atoms with Crippen LogP contribution in [-0.4, -0.2) is 43.5 Å². The van der Waals surface area contributed by atoms with Gasteiger partial charge in [-0.2, -0.15) is 0 Å². The predicted octanol–water partition coefficient (Wildman–Crippen LogP) is 2.25. The normalized spacial score (nSPS) is 15.9. The SMILES string of the molecule is C[C@H](CNS(=O)(=O)c1ccc(F)c(C(=O)O)c1)N1CCc2ccccc2C1. The van der Waals surface area contributed by atoms with Crippen molar-refractivity contribution in [3.05, 3.63) is 65.0 Å². The Morgan fingerprint density at radius 3 is 2.67 bits per heavy atom. The highest BCUT2D eigenvalue weighted by Gasteiger charge is 2.23. The Bertz CT molecular complexity index is 962. The summed E-state index contributed by atoms with van der Waals surface area (Å²) >= 11 is 0. The number of fused-ring (bicyclic) bond motifs is 1. The number of nitrogens with one attached hydrogen (secondary N) is 1. The molecular weight excluding hydrogens is 371 g/mol. The molecule has 0 aromatic heterocycles. The zero-order valence-electron chi connectivity index (χ0n) is 14.9. The van der Waals surface area contributed by atoms with E-state index in [1.807, 2.05) is 19.1 Å². The van der Waals surface area contributed by atoms with Crippen LogP contribution in [0.5, 0.6) is 0 Å². The van der Waals surface area contributed by atoms with Crippen LogP contribution in [0.4, 0.5) is 4.39 Å². The van der Waals surface area contributed by atoms with Crippen LogP contribution in [0.1, 0.15) is 28.4 Å². The predicted molar refractivity (Wildman–Crippen MR) is 98.6 cm³/mol. The fourth-order valence-electron chi connectivity index (χ4n) is 3.17. The second-order valence-electron chi connectivity index (χ2n) is 6.64. The quantitative estimate of drug-likeness (QED) is 0.787. The van der Waals surface area contributed by atoms with Gasteiger partial charge in [0.1, 0.15) is 5.82 Å². The van der Waals surface area contributed by atoms with Gasteiger partial charge in [0.2, 0.25) is 10.0 Å². The van der Waals surface area contributed by atoms with Gasteiger partial charge in [0.05, 0.1) is 10.5 Å². The van der Waals surface area contributed by atoms with Crippen LogP contribution in [0.25, 0.3) is 0 Å². The zero-order valence-corrected chi connectivity index (χ0v) is 15.7. The van der Waals surface area contributed by atoms with Gasteiger partial charge in [0, 0.05) is 25.7 Å². The van der Waals surface area contributed by atoms with Crippen LogP contribution >= 0.6 is 0 Å². The van der Waals surface area contributed by atoms with Crippen molar-refractivity contribution in [1.82, 2.24) is 9.62 Å². The average molecular weight is 392 g/mol. The molecule has 144 valence electrons. The molecule has 2 aromatic carbocycles. The molecule has 8 heteroatoms. The second-order valence-corrected chi connectivity index (χ2v) is 8.40. The van der Waals surface area contributed by atoms with E-state index in [9.17, 15) is 17.6 Å². The van der Waals surface area contributed by atoms with Gasteiger partial charge in [-0.3, -0.25) is 4.90 Å². The first-order valence-electron chi connectivity index (χ1n) is 8.61. The standard InChI is InChI=1S/C19H21FN2O4S/c1-13(22-9-8-14-4-2-3-5-15(14)12-22)11-21-27(25,26)16-6-7-18(20)17(10-16)19(23)24/h2-7,10,13,21H,8-9,11-12H2,1H3,(H,23,24)/t13-/m1/s1. The van der Waals surface area contributed by atoms with E-state index in [1.165, 1.54) is 11.1 Å². The molecule has 3 rings (SSSR count). The highest BCUT2D eigenvalue weighted by atomic mass is 32.2. The van der Waals surface area contributed by atoms with E-state index >= 15 is 0 Å². The number of carboxylic acid groups (broad SMARTS) is 1. The largest absolute Gasteiger partial charge is 0.478 e. The Kier molecular flexibility index (Phi) is 5.59. The highest BCUT2D eigenvalue weighted by Crippen LogP contribution is 2.20. The zero-order chi connectivity index (χ0) is 19.6. The first-order valence-corrected chi connectivity index (χ1v) is 10.1. The molecule has 0 spiro atoms. The van der Waals surface area contributed by atoms with Gasteiger partial charge in [-0.05, 0) is 42.7 Å². The number of halogens is 1. The molecule has 0 saturated carbocycles. The van der Waals surface area contributed by atoms with Gasteiger partial charge >= 0.3 is 5.97 Å². The summed E-state index contributed by atoms with van der Waals surface area (Å²) in [5.74, 6) is -2.48. The Morgan fingerprint density at radius 2 is 1.96 bits per heavy atom. The molecule has 2 N–H and O–H groups in total. The molecular formula is C19H21FN2O4S. The molecule has 0 aliphatic carbocycles. The Balaban J connectivity index is 1.67. The number of carbonyl (C=O) groups is 1. The fraction of sp³-hybridized carbons (Fsp3) is 0.316. The summed E-state index contributed by atoms with van der Waals surface area (Å²) in [6, 6.07) is 10.9. The minimum absolute atomic E-state index is 0.0486. The summed E-state index contributed by atoms with van der Waals surface area (Å²) < 4.78 is 40.9. The number of aromatic carboxylic acids is 1. The first-order chi connectivity index (χ1) is 12.8. The average Bonchev–Trinajstić information content (AvgIpc) is 2.65. The number of sulfonamides is 1. The topological polar surface area (TPSA) is 86.7 Å². The summed E-state index contributed by atoms with van der Waals surface area (Å²) in [7, 11) is -3.93. The van der Waals surface area contributed by atoms with Gasteiger partial charge < -0.3 is 5.11 Å². The third kappa shape index (κ3) is 4.35. The van der Waals surface area contributed by atoms with Crippen molar-refractivity contribution in [1.29, 1.82) is 0 Å². The maximum absolute atomic E-state index is 13.5. The van der Waals surface area contributed by atoms with E-state index in [4.69, 9.17) is 5.11 Å². The Labute approximate surface area is 157 Å². The highest BCUT2D eigenvalue weighted by molar-refractivity contribution is 7.89. The van der Waals surface area contributed by atoms with Crippen LogP contribution in [0.2, 0.25) is 0 Å². The molecule has 0 radical (unpaired) electrons. The van der Waals surface area contributed by atoms with Crippen molar-refractivity contribution in [2.24, 2.45) is 0 Å². The molecule has 0 unspecified atom stereocenters. The van der Waals surface area contributed by atoms with Crippen molar-refractivity contribution < 1.29 is 22.7 Å². The Hall–Kier alpha value is -2.29. The van der Waals surface area contributed by atoms with Crippen LogP contribution in [-0.2, 0) is 23.0 Å². The van der Waals surface area contributed by atoms with E-state index < -0.39 is 27.4 Å². The minimum Gasteiger partial charge on any atom is -0.478 e. The molecule has 1 aliphatic heterocycles. The lowest BCUT2D eigenvalue weighted by Gasteiger charge is -2.33. The van der Waals surface area contributed by atoms with Crippen molar-refractivity contribution >= 4 is 16.0 Å². The maximum Gasteiger partial charge on any atom is 0.338 e. The molecule has 0 bridgehead atoms. The number of carboxylic acids is 1.